The minimum atomic E-state index is 0.317. The molecular weight excluding hydrogens is 306 g/mol. The van der Waals surface area contributed by atoms with Crippen molar-refractivity contribution in [2.24, 2.45) is 5.92 Å². The van der Waals surface area contributed by atoms with Crippen LogP contribution in [0.2, 0.25) is 0 Å². The van der Waals surface area contributed by atoms with Crippen LogP contribution in [0.15, 0.2) is 54.7 Å². The summed E-state index contributed by atoms with van der Waals surface area (Å²) in [5.41, 5.74) is 6.52. The average Bonchev–Trinajstić information content (AvgIpc) is 2.59. The Hall–Kier alpha value is -2.22. The van der Waals surface area contributed by atoms with E-state index < -0.39 is 0 Å². The first-order valence-electron chi connectivity index (χ1n) is 9.19. The number of hydrogen-bond donors (Lipinski definition) is 1. The van der Waals surface area contributed by atoms with Crippen molar-refractivity contribution in [1.82, 2.24) is 4.90 Å². The van der Waals surface area contributed by atoms with E-state index in [2.05, 4.69) is 57.4 Å². The van der Waals surface area contributed by atoms with Gasteiger partial charge in [-0.05, 0) is 67.0 Å². The lowest BCUT2D eigenvalue weighted by Crippen LogP contribution is -2.27. The first kappa shape index (κ1) is 19.1. The molecule has 0 aromatic heterocycles. The summed E-state index contributed by atoms with van der Waals surface area (Å²) in [5, 5.41) is 9.44. The van der Waals surface area contributed by atoms with E-state index in [0.29, 0.717) is 11.7 Å². The lowest BCUT2D eigenvalue weighted by atomic mass is 9.96. The van der Waals surface area contributed by atoms with Gasteiger partial charge in [0.25, 0.3) is 0 Å². The van der Waals surface area contributed by atoms with Crippen LogP contribution in [0, 0.1) is 19.8 Å². The van der Waals surface area contributed by atoms with Crippen molar-refractivity contribution in [1.29, 1.82) is 0 Å². The molecular formula is C23H31NO. The van der Waals surface area contributed by atoms with Gasteiger partial charge in [-0.1, -0.05) is 50.8 Å². The fourth-order valence-electron chi connectivity index (χ4n) is 3.20. The first-order valence-corrected chi connectivity index (χ1v) is 9.19. The molecule has 0 aliphatic carbocycles. The molecule has 2 nitrogen and oxygen atoms in total. The minimum Gasteiger partial charge on any atom is -0.508 e. The third-order valence-electron chi connectivity index (χ3n) is 5.02. The number of phenols is 1. The van der Waals surface area contributed by atoms with Crippen LogP contribution in [0.1, 0.15) is 42.5 Å². The number of phenolic OH excluding ortho intramolecular Hbond substituents is 1. The molecule has 0 heterocycles. The maximum atomic E-state index is 9.44. The Morgan fingerprint density at radius 2 is 1.80 bits per heavy atom. The largest absolute Gasteiger partial charge is 0.508 e. The van der Waals surface area contributed by atoms with Crippen molar-refractivity contribution in [3.63, 3.8) is 0 Å². The molecule has 2 rings (SSSR count). The lowest BCUT2D eigenvalue weighted by Gasteiger charge is -2.31. The molecule has 0 radical (unpaired) electrons. The van der Waals surface area contributed by atoms with Gasteiger partial charge >= 0.3 is 0 Å². The van der Waals surface area contributed by atoms with E-state index in [1.165, 1.54) is 28.0 Å². The maximum Gasteiger partial charge on any atom is 0.115 e. The molecule has 2 aromatic rings. The molecule has 0 aliphatic heterocycles. The van der Waals surface area contributed by atoms with Crippen molar-refractivity contribution < 1.29 is 5.11 Å². The lowest BCUT2D eigenvalue weighted by molar-refractivity contribution is 0.300. The highest BCUT2D eigenvalue weighted by atomic mass is 16.3. The Bertz CT molecular complexity index is 703. The van der Waals surface area contributed by atoms with Crippen molar-refractivity contribution >= 4 is 0 Å². The first-order chi connectivity index (χ1) is 11.9. The normalized spacial score (nSPS) is 12.0. The smallest absolute Gasteiger partial charge is 0.115 e. The Kier molecular flexibility index (Phi) is 6.69. The number of aryl methyl sites for hydroxylation is 1. The van der Waals surface area contributed by atoms with Crippen molar-refractivity contribution in [3.8, 4) is 5.75 Å². The molecule has 0 spiro atoms. The van der Waals surface area contributed by atoms with Gasteiger partial charge in [0.15, 0.2) is 0 Å². The van der Waals surface area contributed by atoms with Gasteiger partial charge in [-0.2, -0.15) is 0 Å². The molecule has 0 saturated carbocycles. The quantitative estimate of drug-likeness (QED) is 0.676. The van der Waals surface area contributed by atoms with E-state index in [0.717, 1.165) is 25.9 Å². The topological polar surface area (TPSA) is 23.5 Å². The van der Waals surface area contributed by atoms with Gasteiger partial charge in [-0.3, -0.25) is 0 Å². The molecule has 134 valence electrons. The zero-order valence-electron chi connectivity index (χ0n) is 16.0. The number of allylic oxidation sites excluding steroid dienone is 1. The number of nitrogens with zero attached hydrogens (tertiary/aromatic N) is 1. The standard InChI is InChI=1S/C23H31NO/c1-6-14-24(16-22-9-7-8-17(2)19(22)4)20(5)18(3)15-21-10-12-23(25)13-11-21/h7-13,18,25H,5-6,14-16H2,1-4H3. The molecule has 25 heavy (non-hydrogen) atoms. The van der Waals surface area contributed by atoms with Crippen LogP contribution in [-0.4, -0.2) is 16.6 Å². The van der Waals surface area contributed by atoms with Crippen LogP contribution in [0.25, 0.3) is 0 Å². The van der Waals surface area contributed by atoms with Gasteiger partial charge in [0.05, 0.1) is 0 Å². The average molecular weight is 338 g/mol. The van der Waals surface area contributed by atoms with E-state index in [9.17, 15) is 5.11 Å². The molecule has 1 N–H and O–H groups in total. The molecule has 1 unspecified atom stereocenters. The highest BCUT2D eigenvalue weighted by Crippen LogP contribution is 2.24. The van der Waals surface area contributed by atoms with E-state index in [4.69, 9.17) is 0 Å². The number of hydrogen-bond acceptors (Lipinski definition) is 2. The third kappa shape index (κ3) is 5.12. The monoisotopic (exact) mass is 337 g/mol. The van der Waals surface area contributed by atoms with Gasteiger partial charge in [-0.25, -0.2) is 0 Å². The highest BCUT2D eigenvalue weighted by Gasteiger charge is 2.16. The maximum absolute atomic E-state index is 9.44. The summed E-state index contributed by atoms with van der Waals surface area (Å²) in [4.78, 5) is 2.42. The van der Waals surface area contributed by atoms with E-state index in [1.54, 1.807) is 12.1 Å². The van der Waals surface area contributed by atoms with Crippen LogP contribution in [0.3, 0.4) is 0 Å². The van der Waals surface area contributed by atoms with Crippen LogP contribution in [0.5, 0.6) is 5.75 Å². The molecule has 0 amide bonds. The Morgan fingerprint density at radius 3 is 2.44 bits per heavy atom. The summed E-state index contributed by atoms with van der Waals surface area (Å²) in [7, 11) is 0. The fourth-order valence-corrected chi connectivity index (χ4v) is 3.20. The van der Waals surface area contributed by atoms with Crippen LogP contribution < -0.4 is 0 Å². The zero-order valence-corrected chi connectivity index (χ0v) is 16.0. The minimum absolute atomic E-state index is 0.317. The predicted molar refractivity (Wildman–Crippen MR) is 107 cm³/mol. The third-order valence-corrected chi connectivity index (χ3v) is 5.02. The van der Waals surface area contributed by atoms with Crippen molar-refractivity contribution in [2.75, 3.05) is 6.54 Å². The summed E-state index contributed by atoms with van der Waals surface area (Å²) in [6, 6.07) is 14.0. The van der Waals surface area contributed by atoms with Gasteiger partial charge in [-0.15, -0.1) is 0 Å². The Labute approximate surface area is 152 Å². The zero-order chi connectivity index (χ0) is 18.4. The SMILES string of the molecule is C=C(C(C)Cc1ccc(O)cc1)N(CCC)Cc1cccc(C)c1C. The van der Waals surface area contributed by atoms with Gasteiger partial charge in [0, 0.05) is 18.8 Å². The number of aromatic hydroxyl groups is 1. The van der Waals surface area contributed by atoms with Crippen LogP contribution in [0.4, 0.5) is 0 Å². The highest BCUT2D eigenvalue weighted by molar-refractivity contribution is 5.33. The summed E-state index contributed by atoms with van der Waals surface area (Å²) in [5.74, 6) is 0.680. The van der Waals surface area contributed by atoms with Crippen LogP contribution in [-0.2, 0) is 13.0 Å². The summed E-state index contributed by atoms with van der Waals surface area (Å²) < 4.78 is 0. The Morgan fingerprint density at radius 1 is 1.12 bits per heavy atom. The number of rotatable bonds is 8. The van der Waals surface area contributed by atoms with Gasteiger partial charge in [0.1, 0.15) is 5.75 Å². The Balaban J connectivity index is 2.10. The number of benzene rings is 2. The molecule has 2 heteroatoms. The molecule has 0 bridgehead atoms. The second kappa shape index (κ2) is 8.75. The summed E-state index contributed by atoms with van der Waals surface area (Å²) >= 11 is 0. The molecule has 0 fully saturated rings. The summed E-state index contributed by atoms with van der Waals surface area (Å²) in [6.45, 7) is 15.2. The second-order valence-electron chi connectivity index (χ2n) is 7.04. The summed E-state index contributed by atoms with van der Waals surface area (Å²) in [6.07, 6.45) is 2.04. The van der Waals surface area contributed by atoms with E-state index in [-0.39, 0.29) is 0 Å². The van der Waals surface area contributed by atoms with Gasteiger partial charge in [0.2, 0.25) is 0 Å². The molecule has 0 saturated heterocycles. The van der Waals surface area contributed by atoms with Crippen molar-refractivity contribution in [3.05, 3.63) is 77.0 Å². The second-order valence-corrected chi connectivity index (χ2v) is 7.04. The van der Waals surface area contributed by atoms with Gasteiger partial charge < -0.3 is 10.0 Å². The predicted octanol–water partition coefficient (Wildman–Crippen LogP) is 5.61. The molecule has 2 aromatic carbocycles. The van der Waals surface area contributed by atoms with Crippen LogP contribution >= 0.6 is 0 Å². The van der Waals surface area contributed by atoms with E-state index in [1.807, 2.05) is 12.1 Å². The van der Waals surface area contributed by atoms with E-state index >= 15 is 0 Å². The fraction of sp³-hybridized carbons (Fsp3) is 0.391. The molecule has 0 aliphatic rings. The van der Waals surface area contributed by atoms with Crippen molar-refractivity contribution in [2.45, 2.75) is 47.1 Å². The molecule has 1 atom stereocenters.